The number of thiazole rings is 1. The lowest BCUT2D eigenvalue weighted by Gasteiger charge is -2.26. The van der Waals surface area contributed by atoms with E-state index < -0.39 is 0 Å². The third kappa shape index (κ3) is 4.28. The minimum absolute atomic E-state index is 0.0403. The Hall–Kier alpha value is -0.940. The number of aromatic nitrogens is 1. The van der Waals surface area contributed by atoms with Crippen LogP contribution in [0.15, 0.2) is 10.9 Å². The molecule has 0 aliphatic heterocycles. The van der Waals surface area contributed by atoms with Crippen molar-refractivity contribution in [2.24, 2.45) is 11.7 Å². The molecule has 2 rings (SSSR count). The van der Waals surface area contributed by atoms with E-state index in [4.69, 9.17) is 5.73 Å². The third-order valence-electron chi connectivity index (χ3n) is 3.89. The van der Waals surface area contributed by atoms with Gasteiger partial charge in [0.25, 0.3) is 0 Å². The van der Waals surface area contributed by atoms with Crippen molar-refractivity contribution in [1.82, 2.24) is 9.88 Å². The van der Waals surface area contributed by atoms with E-state index in [2.05, 4.69) is 4.98 Å². The van der Waals surface area contributed by atoms with Gasteiger partial charge in [-0.3, -0.25) is 4.79 Å². The summed E-state index contributed by atoms with van der Waals surface area (Å²) in [5.41, 5.74) is 8.79. The van der Waals surface area contributed by atoms with Crippen LogP contribution in [0.4, 0.5) is 0 Å². The molecular formula is C14H23N3OS. The Labute approximate surface area is 119 Å². The number of amides is 1. The number of hydrogen-bond donors (Lipinski definition) is 1. The zero-order chi connectivity index (χ0) is 13.7. The monoisotopic (exact) mass is 281 g/mol. The molecule has 1 saturated carbocycles. The largest absolute Gasteiger partial charge is 0.338 e. The predicted molar refractivity (Wildman–Crippen MR) is 77.8 cm³/mol. The van der Waals surface area contributed by atoms with Gasteiger partial charge >= 0.3 is 0 Å². The molecular weight excluding hydrogens is 258 g/mol. The van der Waals surface area contributed by atoms with Gasteiger partial charge < -0.3 is 10.6 Å². The fourth-order valence-electron chi connectivity index (χ4n) is 2.80. The number of hydrogen-bond acceptors (Lipinski definition) is 4. The van der Waals surface area contributed by atoms with Gasteiger partial charge in [-0.05, 0) is 12.3 Å². The number of rotatable bonds is 5. The van der Waals surface area contributed by atoms with Crippen molar-refractivity contribution in [2.75, 3.05) is 7.05 Å². The SMILES string of the molecule is CN(Cc1cscn1)C(=O)C(N)CC1CCCCC1. The molecule has 1 aromatic rings. The number of carbonyl (C=O) groups excluding carboxylic acids is 1. The lowest BCUT2D eigenvalue weighted by atomic mass is 9.85. The molecule has 1 aromatic heterocycles. The second kappa shape index (κ2) is 7.01. The summed E-state index contributed by atoms with van der Waals surface area (Å²) in [6.45, 7) is 0.556. The molecule has 1 unspecified atom stereocenters. The fourth-order valence-corrected chi connectivity index (χ4v) is 3.35. The van der Waals surface area contributed by atoms with E-state index >= 15 is 0 Å². The van der Waals surface area contributed by atoms with E-state index in [9.17, 15) is 4.79 Å². The minimum atomic E-state index is -0.355. The van der Waals surface area contributed by atoms with Crippen LogP contribution in [0.2, 0.25) is 0 Å². The highest BCUT2D eigenvalue weighted by Crippen LogP contribution is 2.27. The summed E-state index contributed by atoms with van der Waals surface area (Å²) in [4.78, 5) is 18.1. The number of carbonyl (C=O) groups is 1. The minimum Gasteiger partial charge on any atom is -0.338 e. The molecule has 0 radical (unpaired) electrons. The van der Waals surface area contributed by atoms with Gasteiger partial charge in [-0.15, -0.1) is 11.3 Å². The second-order valence-electron chi connectivity index (χ2n) is 5.52. The normalized spacial score (nSPS) is 18.2. The Morgan fingerprint density at radius 3 is 2.89 bits per heavy atom. The first-order valence-electron chi connectivity index (χ1n) is 7.04. The van der Waals surface area contributed by atoms with Crippen LogP contribution in [0.1, 0.15) is 44.2 Å². The van der Waals surface area contributed by atoms with Gasteiger partial charge in [-0.1, -0.05) is 32.1 Å². The summed E-state index contributed by atoms with van der Waals surface area (Å²) in [5.74, 6) is 0.680. The molecule has 0 saturated heterocycles. The molecule has 0 bridgehead atoms. The highest BCUT2D eigenvalue weighted by molar-refractivity contribution is 7.07. The van der Waals surface area contributed by atoms with Gasteiger partial charge in [0.2, 0.25) is 5.91 Å². The second-order valence-corrected chi connectivity index (χ2v) is 6.24. The maximum Gasteiger partial charge on any atom is 0.239 e. The molecule has 106 valence electrons. The van der Waals surface area contributed by atoms with Gasteiger partial charge in [-0.2, -0.15) is 0 Å². The summed E-state index contributed by atoms with van der Waals surface area (Å²) in [5, 5.41) is 1.97. The van der Waals surface area contributed by atoms with Crippen LogP contribution in [0, 0.1) is 5.92 Å². The zero-order valence-electron chi connectivity index (χ0n) is 11.5. The third-order valence-corrected chi connectivity index (χ3v) is 4.52. The lowest BCUT2D eigenvalue weighted by Crippen LogP contribution is -2.42. The zero-order valence-corrected chi connectivity index (χ0v) is 12.4. The van der Waals surface area contributed by atoms with Crippen LogP contribution < -0.4 is 5.73 Å². The molecule has 1 heterocycles. The summed E-state index contributed by atoms with van der Waals surface area (Å²) in [6.07, 6.45) is 7.22. The Morgan fingerprint density at radius 1 is 1.53 bits per heavy atom. The van der Waals surface area contributed by atoms with Crippen LogP contribution in [0.3, 0.4) is 0 Å². The van der Waals surface area contributed by atoms with Gasteiger partial charge in [-0.25, -0.2) is 4.98 Å². The quantitative estimate of drug-likeness (QED) is 0.901. The highest BCUT2D eigenvalue weighted by Gasteiger charge is 2.23. The first-order chi connectivity index (χ1) is 9.16. The Balaban J connectivity index is 1.80. The van der Waals surface area contributed by atoms with Crippen molar-refractivity contribution < 1.29 is 4.79 Å². The van der Waals surface area contributed by atoms with E-state index in [1.807, 2.05) is 12.4 Å². The first-order valence-corrected chi connectivity index (χ1v) is 7.98. The average Bonchev–Trinajstić information content (AvgIpc) is 2.91. The molecule has 5 heteroatoms. The summed E-state index contributed by atoms with van der Waals surface area (Å²) >= 11 is 1.55. The molecule has 1 fully saturated rings. The van der Waals surface area contributed by atoms with E-state index in [1.165, 1.54) is 32.1 Å². The number of nitrogens with two attached hydrogens (primary N) is 1. The molecule has 1 aliphatic carbocycles. The smallest absolute Gasteiger partial charge is 0.239 e. The molecule has 2 N–H and O–H groups in total. The molecule has 0 aromatic carbocycles. The van der Waals surface area contributed by atoms with E-state index in [0.29, 0.717) is 12.5 Å². The summed E-state index contributed by atoms with van der Waals surface area (Å²) in [6, 6.07) is -0.355. The Kier molecular flexibility index (Phi) is 5.34. The Morgan fingerprint density at radius 2 is 2.26 bits per heavy atom. The maximum atomic E-state index is 12.2. The molecule has 19 heavy (non-hydrogen) atoms. The van der Waals surface area contributed by atoms with Gasteiger partial charge in [0.05, 0.1) is 23.8 Å². The first kappa shape index (κ1) is 14.5. The van der Waals surface area contributed by atoms with E-state index in [0.717, 1.165) is 12.1 Å². The Bertz CT molecular complexity index is 387. The average molecular weight is 281 g/mol. The van der Waals surface area contributed by atoms with Gasteiger partial charge in [0.15, 0.2) is 0 Å². The molecule has 0 spiro atoms. The van der Waals surface area contributed by atoms with Crippen LogP contribution in [-0.4, -0.2) is 28.9 Å². The number of likely N-dealkylation sites (N-methyl/N-ethyl adjacent to an activating group) is 1. The topological polar surface area (TPSA) is 59.2 Å². The molecule has 1 aliphatic rings. The van der Waals surface area contributed by atoms with Crippen LogP contribution in [0.5, 0.6) is 0 Å². The lowest BCUT2D eigenvalue weighted by molar-refractivity contribution is -0.132. The molecule has 4 nitrogen and oxygen atoms in total. The summed E-state index contributed by atoms with van der Waals surface area (Å²) in [7, 11) is 1.81. The summed E-state index contributed by atoms with van der Waals surface area (Å²) < 4.78 is 0. The van der Waals surface area contributed by atoms with Crippen LogP contribution in [-0.2, 0) is 11.3 Å². The van der Waals surface area contributed by atoms with Crippen LogP contribution >= 0.6 is 11.3 Å². The molecule has 1 amide bonds. The van der Waals surface area contributed by atoms with Crippen molar-refractivity contribution in [3.05, 3.63) is 16.6 Å². The van der Waals surface area contributed by atoms with Gasteiger partial charge in [0.1, 0.15) is 0 Å². The predicted octanol–water partition coefficient (Wildman–Crippen LogP) is 2.40. The van der Waals surface area contributed by atoms with E-state index in [1.54, 1.807) is 21.7 Å². The van der Waals surface area contributed by atoms with Crippen molar-refractivity contribution in [1.29, 1.82) is 0 Å². The van der Waals surface area contributed by atoms with Gasteiger partial charge in [0, 0.05) is 12.4 Å². The van der Waals surface area contributed by atoms with E-state index in [-0.39, 0.29) is 11.9 Å². The number of nitrogens with zero attached hydrogens (tertiary/aromatic N) is 2. The van der Waals surface area contributed by atoms with Crippen molar-refractivity contribution >= 4 is 17.2 Å². The molecule has 1 atom stereocenters. The van der Waals surface area contributed by atoms with Crippen LogP contribution in [0.25, 0.3) is 0 Å². The van der Waals surface area contributed by atoms with Crippen molar-refractivity contribution in [2.45, 2.75) is 51.1 Å². The maximum absolute atomic E-state index is 12.2. The highest BCUT2D eigenvalue weighted by atomic mass is 32.1. The van der Waals surface area contributed by atoms with Crippen molar-refractivity contribution in [3.8, 4) is 0 Å². The van der Waals surface area contributed by atoms with Crippen molar-refractivity contribution in [3.63, 3.8) is 0 Å². The fraction of sp³-hybridized carbons (Fsp3) is 0.714. The standard InChI is InChI=1S/C14H23N3OS/c1-17(8-12-9-19-10-16-12)14(18)13(15)7-11-5-3-2-4-6-11/h9-11,13H,2-8,15H2,1H3.